The van der Waals surface area contributed by atoms with Crippen LogP contribution in [0.25, 0.3) is 0 Å². The summed E-state index contributed by atoms with van der Waals surface area (Å²) >= 11 is 0. The van der Waals surface area contributed by atoms with Crippen molar-refractivity contribution in [2.75, 3.05) is 11.4 Å². The van der Waals surface area contributed by atoms with Crippen LogP contribution in [-0.4, -0.2) is 23.4 Å². The van der Waals surface area contributed by atoms with Crippen LogP contribution < -0.4 is 4.90 Å². The predicted molar refractivity (Wildman–Crippen MR) is 64.6 cm³/mol. The van der Waals surface area contributed by atoms with Gasteiger partial charge in [0.2, 0.25) is 0 Å². The largest absolute Gasteiger partial charge is 0.366 e. The Balaban J connectivity index is 2.29. The van der Waals surface area contributed by atoms with Crippen LogP contribution in [0, 0.1) is 12.8 Å². The van der Waals surface area contributed by atoms with Crippen LogP contribution in [-0.2, 0) is 4.79 Å². The van der Waals surface area contributed by atoms with Gasteiger partial charge in [-0.15, -0.1) is 0 Å². The third-order valence-corrected chi connectivity index (χ3v) is 3.61. The van der Waals surface area contributed by atoms with Gasteiger partial charge in [-0.25, -0.2) is 0 Å². The van der Waals surface area contributed by atoms with Crippen molar-refractivity contribution < 1.29 is 4.79 Å². The van der Waals surface area contributed by atoms with Crippen molar-refractivity contribution in [3.8, 4) is 0 Å². The standard InChI is InChI=1S/C13H18N2O/c1-9-11(3)15(8-6-13(9)16)12-5-4-7-14-10(12)2/h4-5,7,9,11H,6,8H2,1-3H3. The Hall–Kier alpha value is -1.38. The van der Waals surface area contributed by atoms with Gasteiger partial charge in [0, 0.05) is 31.1 Å². The van der Waals surface area contributed by atoms with Crippen LogP contribution in [0.1, 0.15) is 26.0 Å². The van der Waals surface area contributed by atoms with E-state index in [9.17, 15) is 4.79 Å². The normalized spacial score (nSPS) is 25.9. The molecule has 1 aromatic heterocycles. The molecule has 2 heterocycles. The number of Topliss-reactive ketones (excluding diaryl/α,β-unsaturated/α-hetero) is 1. The fraction of sp³-hybridized carbons (Fsp3) is 0.538. The molecule has 3 nitrogen and oxygen atoms in total. The molecular weight excluding hydrogens is 200 g/mol. The number of pyridine rings is 1. The Morgan fingerprint density at radius 1 is 1.44 bits per heavy atom. The van der Waals surface area contributed by atoms with Crippen LogP contribution in [0.3, 0.4) is 0 Å². The van der Waals surface area contributed by atoms with E-state index in [1.54, 1.807) is 0 Å². The van der Waals surface area contributed by atoms with Crippen molar-refractivity contribution in [2.45, 2.75) is 33.2 Å². The molecule has 2 unspecified atom stereocenters. The second-order valence-corrected chi connectivity index (χ2v) is 4.55. The molecule has 2 rings (SSSR count). The molecule has 0 aromatic carbocycles. The molecule has 0 amide bonds. The minimum absolute atomic E-state index is 0.119. The van der Waals surface area contributed by atoms with Crippen molar-refractivity contribution in [1.29, 1.82) is 0 Å². The highest BCUT2D eigenvalue weighted by Crippen LogP contribution is 2.27. The number of carbonyl (C=O) groups is 1. The Kier molecular flexibility index (Phi) is 2.95. The van der Waals surface area contributed by atoms with Gasteiger partial charge in [-0.3, -0.25) is 9.78 Å². The molecule has 1 saturated heterocycles. The van der Waals surface area contributed by atoms with E-state index in [0.717, 1.165) is 17.9 Å². The van der Waals surface area contributed by atoms with Crippen molar-refractivity contribution in [3.63, 3.8) is 0 Å². The Morgan fingerprint density at radius 3 is 2.88 bits per heavy atom. The number of aromatic nitrogens is 1. The van der Waals surface area contributed by atoms with E-state index in [1.165, 1.54) is 0 Å². The maximum Gasteiger partial charge on any atom is 0.139 e. The van der Waals surface area contributed by atoms with Crippen molar-refractivity contribution in [1.82, 2.24) is 4.98 Å². The number of hydrogen-bond acceptors (Lipinski definition) is 3. The summed E-state index contributed by atoms with van der Waals surface area (Å²) in [5.74, 6) is 0.499. The lowest BCUT2D eigenvalue weighted by Gasteiger charge is -2.39. The van der Waals surface area contributed by atoms with Crippen molar-refractivity contribution >= 4 is 11.5 Å². The number of rotatable bonds is 1. The lowest BCUT2D eigenvalue weighted by molar-refractivity contribution is -0.123. The number of ketones is 1. The zero-order valence-electron chi connectivity index (χ0n) is 10.1. The van der Waals surface area contributed by atoms with Gasteiger partial charge in [0.1, 0.15) is 5.78 Å². The molecule has 2 atom stereocenters. The van der Waals surface area contributed by atoms with Gasteiger partial charge in [-0.1, -0.05) is 6.92 Å². The molecule has 1 aliphatic rings. The molecule has 0 radical (unpaired) electrons. The van der Waals surface area contributed by atoms with E-state index in [-0.39, 0.29) is 12.0 Å². The summed E-state index contributed by atoms with van der Waals surface area (Å²) in [7, 11) is 0. The third kappa shape index (κ3) is 1.82. The van der Waals surface area contributed by atoms with E-state index < -0.39 is 0 Å². The molecule has 3 heteroatoms. The highest BCUT2D eigenvalue weighted by atomic mass is 16.1. The van der Waals surface area contributed by atoms with Crippen LogP contribution in [0.5, 0.6) is 0 Å². The van der Waals surface area contributed by atoms with Gasteiger partial charge in [0.05, 0.1) is 11.4 Å². The number of nitrogens with zero attached hydrogens (tertiary/aromatic N) is 2. The first-order chi connectivity index (χ1) is 7.61. The van der Waals surface area contributed by atoms with Crippen molar-refractivity contribution in [3.05, 3.63) is 24.0 Å². The fourth-order valence-corrected chi connectivity index (χ4v) is 2.32. The summed E-state index contributed by atoms with van der Waals surface area (Å²) in [6.45, 7) is 6.97. The second-order valence-electron chi connectivity index (χ2n) is 4.55. The zero-order chi connectivity index (χ0) is 11.7. The molecule has 0 N–H and O–H groups in total. The van der Waals surface area contributed by atoms with Gasteiger partial charge < -0.3 is 4.90 Å². The van der Waals surface area contributed by atoms with E-state index >= 15 is 0 Å². The van der Waals surface area contributed by atoms with E-state index in [0.29, 0.717) is 12.2 Å². The molecule has 1 fully saturated rings. The highest BCUT2D eigenvalue weighted by molar-refractivity contribution is 5.84. The fourth-order valence-electron chi connectivity index (χ4n) is 2.32. The van der Waals surface area contributed by atoms with Gasteiger partial charge in [0.15, 0.2) is 0 Å². The lowest BCUT2D eigenvalue weighted by atomic mass is 9.90. The predicted octanol–water partition coefficient (Wildman–Crippen LogP) is 2.19. The topological polar surface area (TPSA) is 33.2 Å². The Morgan fingerprint density at radius 2 is 2.19 bits per heavy atom. The Bertz CT molecular complexity index is 403. The van der Waals surface area contributed by atoms with Crippen molar-refractivity contribution in [2.24, 2.45) is 5.92 Å². The minimum atomic E-state index is 0.119. The second kappa shape index (κ2) is 4.24. The van der Waals surface area contributed by atoms with Gasteiger partial charge in [0.25, 0.3) is 0 Å². The molecule has 16 heavy (non-hydrogen) atoms. The first kappa shape index (κ1) is 11.1. The molecular formula is C13H18N2O. The number of piperidine rings is 1. The van der Waals surface area contributed by atoms with Crippen LogP contribution in [0.15, 0.2) is 18.3 Å². The Labute approximate surface area is 96.5 Å². The number of carbonyl (C=O) groups excluding carboxylic acids is 1. The van der Waals surface area contributed by atoms with Crippen LogP contribution in [0.2, 0.25) is 0 Å². The third-order valence-electron chi connectivity index (χ3n) is 3.61. The quantitative estimate of drug-likeness (QED) is 0.724. The molecule has 1 aliphatic heterocycles. The summed E-state index contributed by atoms with van der Waals surface area (Å²) in [5, 5.41) is 0. The summed E-state index contributed by atoms with van der Waals surface area (Å²) in [5.41, 5.74) is 2.20. The van der Waals surface area contributed by atoms with Crippen LogP contribution >= 0.6 is 0 Å². The van der Waals surface area contributed by atoms with E-state index in [1.807, 2.05) is 26.1 Å². The van der Waals surface area contributed by atoms with E-state index in [4.69, 9.17) is 0 Å². The highest BCUT2D eigenvalue weighted by Gasteiger charge is 2.31. The molecule has 0 spiro atoms. The maximum absolute atomic E-state index is 11.6. The van der Waals surface area contributed by atoms with E-state index in [2.05, 4.69) is 22.9 Å². The monoisotopic (exact) mass is 218 g/mol. The molecule has 0 saturated carbocycles. The first-order valence-electron chi connectivity index (χ1n) is 5.82. The average molecular weight is 218 g/mol. The average Bonchev–Trinajstić information content (AvgIpc) is 2.28. The molecule has 1 aromatic rings. The number of anilines is 1. The summed E-state index contributed by atoms with van der Waals surface area (Å²) in [4.78, 5) is 18.2. The lowest BCUT2D eigenvalue weighted by Crippen LogP contribution is -2.47. The molecule has 0 bridgehead atoms. The van der Waals surface area contributed by atoms with Gasteiger partial charge in [-0.2, -0.15) is 0 Å². The van der Waals surface area contributed by atoms with Crippen LogP contribution in [0.4, 0.5) is 5.69 Å². The van der Waals surface area contributed by atoms with Gasteiger partial charge >= 0.3 is 0 Å². The zero-order valence-corrected chi connectivity index (χ0v) is 10.1. The molecule has 86 valence electrons. The summed E-state index contributed by atoms with van der Waals surface area (Å²) in [6.07, 6.45) is 2.46. The minimum Gasteiger partial charge on any atom is -0.366 e. The number of aryl methyl sites for hydroxylation is 1. The SMILES string of the molecule is Cc1ncccc1N1CCC(=O)C(C)C1C. The summed E-state index contributed by atoms with van der Waals surface area (Å²) in [6, 6.07) is 4.31. The summed E-state index contributed by atoms with van der Waals surface area (Å²) < 4.78 is 0. The van der Waals surface area contributed by atoms with Gasteiger partial charge in [-0.05, 0) is 26.0 Å². The number of hydrogen-bond donors (Lipinski definition) is 0. The molecule has 0 aliphatic carbocycles. The first-order valence-corrected chi connectivity index (χ1v) is 5.82. The maximum atomic E-state index is 11.6. The smallest absolute Gasteiger partial charge is 0.139 e.